The second-order valence-corrected chi connectivity index (χ2v) is 18.9. The van der Waals surface area contributed by atoms with Crippen molar-refractivity contribution in [1.29, 1.82) is 0 Å². The van der Waals surface area contributed by atoms with Crippen molar-refractivity contribution in [1.82, 2.24) is 5.32 Å². The fourth-order valence-electron chi connectivity index (χ4n) is 12.8. The van der Waals surface area contributed by atoms with Crippen molar-refractivity contribution >= 4 is 33.3 Å². The number of benzene rings is 10. The molecule has 11 aromatic rings. The summed E-state index contributed by atoms with van der Waals surface area (Å²) in [6.45, 7) is 0. The van der Waals surface area contributed by atoms with E-state index < -0.39 is 10.8 Å². The Balaban J connectivity index is 0.959. The summed E-state index contributed by atoms with van der Waals surface area (Å²) in [6, 6.07) is 87.3. The van der Waals surface area contributed by atoms with E-state index in [1.165, 1.54) is 66.8 Å². The topological polar surface area (TPSA) is 37.5 Å². The molecule has 3 aliphatic carbocycles. The average molecular weight is 879 g/mol. The Morgan fingerprint density at radius 3 is 1.55 bits per heavy atom. The van der Waals surface area contributed by atoms with Crippen molar-refractivity contribution in [3.05, 3.63) is 304 Å². The summed E-state index contributed by atoms with van der Waals surface area (Å²) in [5.41, 5.74) is 23.8. The van der Waals surface area contributed by atoms with Crippen LogP contribution in [0.1, 0.15) is 67.4 Å². The zero-order valence-electron chi connectivity index (χ0n) is 37.5. The highest BCUT2D eigenvalue weighted by atomic mass is 16.3. The van der Waals surface area contributed by atoms with Gasteiger partial charge >= 0.3 is 0 Å². The van der Waals surface area contributed by atoms with Crippen LogP contribution in [0.2, 0.25) is 0 Å². The Morgan fingerprint density at radius 1 is 0.348 bits per heavy atom. The molecule has 1 aliphatic heterocycles. The van der Waals surface area contributed by atoms with Gasteiger partial charge < -0.3 is 9.73 Å². The van der Waals surface area contributed by atoms with Gasteiger partial charge in [-0.2, -0.15) is 0 Å². The molecule has 0 amide bonds. The van der Waals surface area contributed by atoms with Crippen LogP contribution in [0.4, 0.5) is 0 Å². The van der Waals surface area contributed by atoms with E-state index in [1.807, 2.05) is 0 Å². The van der Waals surface area contributed by atoms with Gasteiger partial charge in [-0.25, -0.2) is 0 Å². The molecule has 0 saturated heterocycles. The van der Waals surface area contributed by atoms with Crippen molar-refractivity contribution in [2.24, 2.45) is 4.99 Å². The Kier molecular flexibility index (Phi) is 7.98. The monoisotopic (exact) mass is 878 g/mol. The standard InChI is InChI=1S/C66H42N2O/c1-3-18-41(19-4-1)60-40-61(42-20-5-2-6-21-42)68-64(67-60)45-23-17-22-43(36-45)44-34-35-54-49(37-44)50-39-63-51(48-26-9-16-33-62(48)69-63)38-59(50)66(54)57-31-14-12-29-55(57)65(56-30-13-15-32-58(56)66)52-27-10-7-24-46(52)47-25-8-11-28-53(47)65/h1-40,64,67H. The number of rotatable bonds is 4. The smallest absolute Gasteiger partial charge is 0.145 e. The van der Waals surface area contributed by atoms with Crippen LogP contribution >= 0.6 is 0 Å². The summed E-state index contributed by atoms with van der Waals surface area (Å²) in [4.78, 5) is 5.34. The molecule has 3 heteroatoms. The first-order chi connectivity index (χ1) is 34.2. The lowest BCUT2D eigenvalue weighted by atomic mass is 9.52. The van der Waals surface area contributed by atoms with Gasteiger partial charge in [0.25, 0.3) is 0 Å². The summed E-state index contributed by atoms with van der Waals surface area (Å²) in [6.07, 6.45) is 1.89. The van der Waals surface area contributed by atoms with Crippen molar-refractivity contribution in [3.63, 3.8) is 0 Å². The fraction of sp³-hybridized carbons (Fsp3) is 0.0455. The van der Waals surface area contributed by atoms with E-state index in [-0.39, 0.29) is 6.17 Å². The number of para-hydroxylation sites is 1. The first-order valence-electron chi connectivity index (χ1n) is 24.0. The van der Waals surface area contributed by atoms with Gasteiger partial charge in [0.2, 0.25) is 0 Å². The molecule has 1 atom stereocenters. The van der Waals surface area contributed by atoms with Gasteiger partial charge in [-0.15, -0.1) is 0 Å². The van der Waals surface area contributed by atoms with Gasteiger partial charge in [-0.3, -0.25) is 4.99 Å². The number of nitrogens with one attached hydrogen (secondary N) is 1. The number of nitrogens with zero attached hydrogens (tertiary/aromatic N) is 1. The van der Waals surface area contributed by atoms with Crippen molar-refractivity contribution < 1.29 is 4.42 Å². The number of fused-ring (bicyclic) bond motifs is 19. The third-order valence-electron chi connectivity index (χ3n) is 15.6. The number of allylic oxidation sites excluding steroid dienone is 1. The maximum atomic E-state index is 6.72. The summed E-state index contributed by atoms with van der Waals surface area (Å²) in [7, 11) is 0. The molecule has 69 heavy (non-hydrogen) atoms. The number of furan rings is 1. The maximum absolute atomic E-state index is 6.72. The third kappa shape index (κ3) is 5.19. The van der Waals surface area contributed by atoms with Crippen LogP contribution in [0.3, 0.4) is 0 Å². The van der Waals surface area contributed by atoms with E-state index in [4.69, 9.17) is 9.41 Å². The number of hydrogen-bond donors (Lipinski definition) is 1. The van der Waals surface area contributed by atoms with Crippen LogP contribution in [0.15, 0.2) is 252 Å². The Bertz CT molecular complexity index is 3910. The molecular weight excluding hydrogens is 837 g/mol. The van der Waals surface area contributed by atoms with Crippen LogP contribution in [-0.2, 0) is 10.8 Å². The summed E-state index contributed by atoms with van der Waals surface area (Å²) in [5.74, 6) is 0. The molecule has 1 unspecified atom stereocenters. The number of aliphatic imine (C=N–C) groups is 1. The van der Waals surface area contributed by atoms with Gasteiger partial charge in [-0.05, 0) is 131 Å². The van der Waals surface area contributed by atoms with E-state index in [9.17, 15) is 0 Å². The van der Waals surface area contributed by atoms with E-state index >= 15 is 0 Å². The van der Waals surface area contributed by atoms with E-state index in [2.05, 4.69) is 248 Å². The molecule has 3 nitrogen and oxygen atoms in total. The lowest BCUT2D eigenvalue weighted by Gasteiger charge is -2.48. The van der Waals surface area contributed by atoms with Gasteiger partial charge in [0.05, 0.1) is 16.5 Å². The Labute approximate surface area is 400 Å². The first-order valence-corrected chi connectivity index (χ1v) is 24.0. The van der Waals surface area contributed by atoms with E-state index in [0.717, 1.165) is 61.2 Å². The third-order valence-corrected chi connectivity index (χ3v) is 15.6. The Morgan fingerprint density at radius 2 is 0.870 bits per heavy atom. The normalized spacial score (nSPS) is 16.2. The minimum Gasteiger partial charge on any atom is -0.456 e. The molecule has 15 rings (SSSR count). The van der Waals surface area contributed by atoms with Crippen LogP contribution in [-0.4, -0.2) is 5.71 Å². The van der Waals surface area contributed by atoms with E-state index in [1.54, 1.807) is 0 Å². The zero-order chi connectivity index (χ0) is 45.3. The molecule has 0 fully saturated rings. The highest BCUT2D eigenvalue weighted by Gasteiger charge is 2.59. The van der Waals surface area contributed by atoms with Gasteiger partial charge in [0, 0.05) is 16.5 Å². The number of hydrogen-bond acceptors (Lipinski definition) is 3. The predicted molar refractivity (Wildman–Crippen MR) is 281 cm³/mol. The molecule has 0 saturated carbocycles. The molecule has 1 aromatic heterocycles. The maximum Gasteiger partial charge on any atom is 0.145 e. The minimum absolute atomic E-state index is 0.284. The average Bonchev–Trinajstić information content (AvgIpc) is 4.04. The van der Waals surface area contributed by atoms with Crippen molar-refractivity contribution in [2.45, 2.75) is 17.0 Å². The molecule has 2 spiro atoms. The van der Waals surface area contributed by atoms with Gasteiger partial charge in [0.15, 0.2) is 0 Å². The molecule has 2 heterocycles. The SMILES string of the molecule is C1=C(c2ccccc2)NC(c2cccc(-c3ccc4c(c3)-c3cc5oc6ccccc6c5cc3C43c4ccccc4C4(c5ccccc5-c5ccccc54)c4ccccc43)c2)N=C1c1ccccc1. The van der Waals surface area contributed by atoms with Crippen LogP contribution < -0.4 is 5.32 Å². The van der Waals surface area contributed by atoms with Crippen LogP contribution in [0.5, 0.6) is 0 Å². The fourth-order valence-corrected chi connectivity index (χ4v) is 12.8. The minimum atomic E-state index is -0.628. The van der Waals surface area contributed by atoms with Crippen LogP contribution in [0, 0.1) is 0 Å². The molecular formula is C66H42N2O. The molecule has 1 N–H and O–H groups in total. The lowest BCUT2D eigenvalue weighted by Crippen LogP contribution is -2.43. The lowest BCUT2D eigenvalue weighted by molar-refractivity contribution is 0.633. The largest absolute Gasteiger partial charge is 0.456 e. The zero-order valence-corrected chi connectivity index (χ0v) is 37.5. The predicted octanol–water partition coefficient (Wildman–Crippen LogP) is 15.4. The van der Waals surface area contributed by atoms with Crippen molar-refractivity contribution in [2.75, 3.05) is 0 Å². The van der Waals surface area contributed by atoms with Crippen LogP contribution in [0.25, 0.3) is 61.0 Å². The van der Waals surface area contributed by atoms with E-state index in [0.29, 0.717) is 0 Å². The van der Waals surface area contributed by atoms with Gasteiger partial charge in [-0.1, -0.05) is 206 Å². The highest BCUT2D eigenvalue weighted by molar-refractivity contribution is 6.13. The summed E-state index contributed by atoms with van der Waals surface area (Å²) < 4.78 is 6.72. The molecule has 10 aromatic carbocycles. The molecule has 0 bridgehead atoms. The Hall–Kier alpha value is -8.79. The summed E-state index contributed by atoms with van der Waals surface area (Å²) >= 11 is 0. The quantitative estimate of drug-likeness (QED) is 0.191. The highest BCUT2D eigenvalue weighted by Crippen LogP contribution is 2.68. The molecule has 0 radical (unpaired) electrons. The molecule has 322 valence electrons. The second-order valence-electron chi connectivity index (χ2n) is 18.9. The first kappa shape index (κ1) is 38.3. The summed E-state index contributed by atoms with van der Waals surface area (Å²) in [5, 5.41) is 6.07. The molecule has 4 aliphatic rings. The second kappa shape index (κ2) is 14.4. The van der Waals surface area contributed by atoms with Gasteiger partial charge in [0.1, 0.15) is 17.3 Å². The van der Waals surface area contributed by atoms with Crippen molar-refractivity contribution in [3.8, 4) is 33.4 Å².